The second-order valence-electron chi connectivity index (χ2n) is 8.42. The van der Waals surface area contributed by atoms with E-state index in [2.05, 4.69) is 10.6 Å². The maximum absolute atomic E-state index is 11.5. The van der Waals surface area contributed by atoms with Crippen LogP contribution in [0, 0.1) is 0 Å². The van der Waals surface area contributed by atoms with Gasteiger partial charge in [-0.3, -0.25) is 5.32 Å². The number of hydrogen-bond donors (Lipinski definition) is 13. The van der Waals surface area contributed by atoms with Crippen molar-refractivity contribution in [1.29, 1.82) is 0 Å². The Balaban J connectivity index is 1.98. The highest BCUT2D eigenvalue weighted by molar-refractivity contribution is 6.30. The Hall–Kier alpha value is -4.54. The Morgan fingerprint density at radius 3 is 2.00 bits per heavy atom. The maximum Gasteiger partial charge on any atom is 0.343 e. The van der Waals surface area contributed by atoms with Gasteiger partial charge in [0.15, 0.2) is 28.7 Å². The van der Waals surface area contributed by atoms with Crippen LogP contribution in [-0.4, -0.2) is 88.3 Å². The highest BCUT2D eigenvalue weighted by atomic mass is 35.5. The van der Waals surface area contributed by atoms with Crippen LogP contribution in [0.5, 0.6) is 46.0 Å². The number of aromatic hydroxyl groups is 8. The van der Waals surface area contributed by atoms with Crippen molar-refractivity contribution >= 4 is 23.3 Å². The number of phenols is 8. The zero-order valence-electron chi connectivity index (χ0n) is 20.4. The summed E-state index contributed by atoms with van der Waals surface area (Å²) in [6.07, 6.45) is -0.708. The fourth-order valence-electron chi connectivity index (χ4n) is 3.81. The molecular formula is C24H25ClN2O13. The van der Waals surface area contributed by atoms with Gasteiger partial charge in [0.2, 0.25) is 17.4 Å². The van der Waals surface area contributed by atoms with Crippen LogP contribution >= 0.6 is 11.6 Å². The normalized spacial score (nSPS) is 12.3. The molecule has 0 saturated heterocycles. The number of carbonyl (C=O) groups is 1. The predicted octanol–water partition coefficient (Wildman–Crippen LogP) is 1.38. The van der Waals surface area contributed by atoms with E-state index < -0.39 is 92.9 Å². The average molecular weight is 585 g/mol. The molecule has 3 aromatic rings. The summed E-state index contributed by atoms with van der Waals surface area (Å²) >= 11 is 5.97. The summed E-state index contributed by atoms with van der Waals surface area (Å²) in [4.78, 5) is 11.5. The van der Waals surface area contributed by atoms with E-state index in [-0.39, 0.29) is 6.54 Å². The molecule has 216 valence electrons. The molecule has 1 unspecified atom stereocenters. The van der Waals surface area contributed by atoms with Gasteiger partial charge in [-0.25, -0.2) is 4.79 Å². The molecule has 0 spiro atoms. The van der Waals surface area contributed by atoms with E-state index in [1.54, 1.807) is 24.3 Å². The second-order valence-corrected chi connectivity index (χ2v) is 8.86. The number of aliphatic hydroxyl groups is 2. The molecule has 0 aliphatic rings. The number of rotatable bonds is 10. The molecule has 40 heavy (non-hydrogen) atoms. The molecule has 0 saturated carbocycles. The van der Waals surface area contributed by atoms with Crippen LogP contribution in [0.25, 0.3) is 11.1 Å². The van der Waals surface area contributed by atoms with Gasteiger partial charge in [0.05, 0.1) is 23.8 Å². The van der Waals surface area contributed by atoms with Gasteiger partial charge in [0.1, 0.15) is 17.0 Å². The number of benzene rings is 3. The van der Waals surface area contributed by atoms with Crippen LogP contribution in [-0.2, 0) is 4.74 Å². The first-order valence-corrected chi connectivity index (χ1v) is 11.5. The van der Waals surface area contributed by atoms with Crippen molar-refractivity contribution < 1.29 is 65.7 Å². The average Bonchev–Trinajstić information content (AvgIpc) is 2.88. The minimum Gasteiger partial charge on any atom is -0.506 e. The second kappa shape index (κ2) is 11.3. The number of ether oxygens (including phenoxy) is 1. The van der Waals surface area contributed by atoms with Crippen molar-refractivity contribution in [2.75, 3.05) is 25.5 Å². The molecular weight excluding hydrogens is 560 g/mol. The number of carboxylic acids is 1. The fourth-order valence-corrected chi connectivity index (χ4v) is 4.01. The third kappa shape index (κ3) is 5.58. The van der Waals surface area contributed by atoms with E-state index in [1.807, 2.05) is 0 Å². The van der Waals surface area contributed by atoms with Crippen molar-refractivity contribution in [2.45, 2.75) is 12.0 Å². The van der Waals surface area contributed by atoms with Crippen LogP contribution in [0.4, 0.5) is 5.69 Å². The molecule has 0 aromatic heterocycles. The molecule has 0 amide bonds. The van der Waals surface area contributed by atoms with Crippen molar-refractivity contribution in [2.24, 2.45) is 0 Å². The zero-order valence-corrected chi connectivity index (χ0v) is 21.2. The van der Waals surface area contributed by atoms with Crippen molar-refractivity contribution in [3.63, 3.8) is 0 Å². The summed E-state index contributed by atoms with van der Waals surface area (Å²) < 4.78 is 5.32. The number of nitrogens with one attached hydrogen (secondary N) is 2. The first-order chi connectivity index (χ1) is 18.6. The lowest BCUT2D eigenvalue weighted by Crippen LogP contribution is -2.52. The minimum absolute atomic E-state index is 0.192. The van der Waals surface area contributed by atoms with E-state index in [4.69, 9.17) is 16.3 Å². The molecule has 15 nitrogen and oxygen atoms in total. The summed E-state index contributed by atoms with van der Waals surface area (Å²) in [5.41, 5.74) is -3.91. The van der Waals surface area contributed by atoms with Crippen LogP contribution in [0.15, 0.2) is 24.3 Å². The molecule has 0 radical (unpaired) electrons. The standard InChI is InChI=1S/C24H25ClN2O13/c1-40-10(8-3-2-4-9(25)5-8)6-27-24(38,39)7-26-14-16(29)12(18(31)22(35)20(14)33)11-15(28)13(23(36)37)19(32)21(34)17(11)30/h2-5,10,26-35,38-39H,6-7H2,1H3,(H,36,37). The first-order valence-electron chi connectivity index (χ1n) is 11.1. The lowest BCUT2D eigenvalue weighted by Gasteiger charge is -2.27. The van der Waals surface area contributed by atoms with Crippen molar-refractivity contribution in [3.05, 3.63) is 40.4 Å². The molecule has 3 aromatic carbocycles. The molecule has 0 aliphatic heterocycles. The minimum atomic E-state index is -2.78. The largest absolute Gasteiger partial charge is 0.506 e. The number of halogens is 1. The summed E-state index contributed by atoms with van der Waals surface area (Å²) in [6.45, 7) is -1.12. The van der Waals surface area contributed by atoms with Crippen molar-refractivity contribution in [1.82, 2.24) is 5.32 Å². The smallest absolute Gasteiger partial charge is 0.343 e. The number of anilines is 1. The van der Waals surface area contributed by atoms with Gasteiger partial charge in [0, 0.05) is 18.7 Å². The van der Waals surface area contributed by atoms with Crippen LogP contribution in [0.2, 0.25) is 5.02 Å². The first kappa shape index (κ1) is 30.0. The molecule has 0 aliphatic carbocycles. The van der Waals surface area contributed by atoms with E-state index in [0.717, 1.165) is 0 Å². The van der Waals surface area contributed by atoms with E-state index in [9.17, 15) is 61.0 Å². The van der Waals surface area contributed by atoms with E-state index in [0.29, 0.717) is 10.6 Å². The summed E-state index contributed by atoms with van der Waals surface area (Å²) in [7, 11) is 1.36. The topological polar surface area (TPSA) is 273 Å². The number of aromatic carboxylic acids is 1. The lowest BCUT2D eigenvalue weighted by molar-refractivity contribution is -0.177. The Morgan fingerprint density at radius 2 is 1.45 bits per heavy atom. The summed E-state index contributed by atoms with van der Waals surface area (Å²) in [5.74, 6) is -15.8. The highest BCUT2D eigenvalue weighted by Gasteiger charge is 2.35. The number of methoxy groups -OCH3 is 1. The Bertz CT molecular complexity index is 1460. The Kier molecular flexibility index (Phi) is 8.47. The molecule has 3 rings (SSSR count). The van der Waals surface area contributed by atoms with Gasteiger partial charge in [0.25, 0.3) is 0 Å². The van der Waals surface area contributed by atoms with Gasteiger partial charge in [-0.15, -0.1) is 0 Å². The number of phenolic OH excluding ortho intramolecular Hbond substituents is 6. The zero-order chi connectivity index (χ0) is 30.1. The molecule has 0 heterocycles. The van der Waals surface area contributed by atoms with Crippen LogP contribution in [0.1, 0.15) is 22.0 Å². The summed E-state index contributed by atoms with van der Waals surface area (Å²) in [5, 5.41) is 117. The number of hydrogen-bond acceptors (Lipinski definition) is 14. The van der Waals surface area contributed by atoms with Crippen LogP contribution in [0.3, 0.4) is 0 Å². The van der Waals surface area contributed by atoms with Gasteiger partial charge in [-0.1, -0.05) is 23.7 Å². The lowest BCUT2D eigenvalue weighted by atomic mass is 9.95. The molecule has 0 fully saturated rings. The van der Waals surface area contributed by atoms with Gasteiger partial charge in [-0.05, 0) is 17.7 Å². The van der Waals surface area contributed by atoms with Crippen molar-refractivity contribution in [3.8, 4) is 57.1 Å². The Labute approximate surface area is 229 Å². The predicted molar refractivity (Wildman–Crippen MR) is 137 cm³/mol. The quantitative estimate of drug-likeness (QED) is 0.0910. The van der Waals surface area contributed by atoms with Crippen LogP contribution < -0.4 is 10.6 Å². The van der Waals surface area contributed by atoms with E-state index >= 15 is 0 Å². The van der Waals surface area contributed by atoms with Gasteiger partial charge in [-0.2, -0.15) is 0 Å². The third-order valence-electron chi connectivity index (χ3n) is 5.84. The van der Waals surface area contributed by atoms with E-state index in [1.165, 1.54) is 7.11 Å². The fraction of sp³-hybridized carbons (Fsp3) is 0.208. The summed E-state index contributed by atoms with van der Waals surface area (Å²) in [6, 6.07) is 6.54. The highest BCUT2D eigenvalue weighted by Crippen LogP contribution is 2.60. The maximum atomic E-state index is 11.5. The molecule has 16 heteroatoms. The third-order valence-corrected chi connectivity index (χ3v) is 6.08. The molecule has 0 bridgehead atoms. The van der Waals surface area contributed by atoms with Gasteiger partial charge < -0.3 is 66.2 Å². The Morgan fingerprint density at radius 1 is 0.875 bits per heavy atom. The molecule has 13 N–H and O–H groups in total. The molecule has 1 atom stereocenters. The SMILES string of the molecule is COC(CNC(O)(O)CNc1c(O)c(O)c(O)c(-c2c(O)c(O)c(O)c(C(=O)O)c2O)c1O)c1cccc(Cl)c1. The van der Waals surface area contributed by atoms with Gasteiger partial charge >= 0.3 is 5.97 Å². The number of carboxylic acid groups (broad SMARTS) is 1. The monoisotopic (exact) mass is 584 g/mol.